The number of phenolic OH excluding ortho intramolecular Hbond substituents is 1. The first-order valence-corrected chi connectivity index (χ1v) is 15.3. The van der Waals surface area contributed by atoms with Crippen LogP contribution in [0.5, 0.6) is 5.75 Å². The van der Waals surface area contributed by atoms with Crippen molar-refractivity contribution in [3.63, 3.8) is 0 Å². The minimum Gasteiger partial charge on any atom is -0.506 e. The van der Waals surface area contributed by atoms with Gasteiger partial charge in [0, 0.05) is 34.1 Å². The molecule has 0 saturated carbocycles. The summed E-state index contributed by atoms with van der Waals surface area (Å²) >= 11 is 4.58. The fourth-order valence-corrected chi connectivity index (χ4v) is 6.43. The highest BCUT2D eigenvalue weighted by atomic mass is 79.9. The standard InChI is InChI=1S/C33H25BrN4O3S/c34-26-16-29-31(22-13-7-8-14-28(22)41-29)25(32(26)40)18-36-38-30(39)19-42-33-24(17-35)23(20-9-3-1-4-10-20)15-27(37-33)21-11-5-2-6-12-21/h1-6,9-12,15-16,18,40H,7-8,13-14,19H2,(H,38,39)/b36-18-. The van der Waals surface area contributed by atoms with Gasteiger partial charge in [-0.3, -0.25) is 4.79 Å². The molecule has 5 aromatic rings. The van der Waals surface area contributed by atoms with Gasteiger partial charge >= 0.3 is 0 Å². The van der Waals surface area contributed by atoms with E-state index in [1.54, 1.807) is 6.07 Å². The van der Waals surface area contributed by atoms with Crippen molar-refractivity contribution < 1.29 is 14.3 Å². The van der Waals surface area contributed by atoms with Crippen molar-refractivity contribution in [2.45, 2.75) is 30.7 Å². The number of carbonyl (C=O) groups is 1. The first-order chi connectivity index (χ1) is 20.5. The number of amides is 1. The molecule has 9 heteroatoms. The Morgan fingerprint density at radius 3 is 2.55 bits per heavy atom. The van der Waals surface area contributed by atoms with Gasteiger partial charge in [0.25, 0.3) is 0 Å². The number of nitriles is 1. The highest BCUT2D eigenvalue weighted by molar-refractivity contribution is 9.10. The van der Waals surface area contributed by atoms with Crippen LogP contribution < -0.4 is 5.43 Å². The molecule has 2 N–H and O–H groups in total. The highest BCUT2D eigenvalue weighted by Crippen LogP contribution is 2.40. The SMILES string of the molecule is N#Cc1c(-c2ccccc2)cc(-c2ccccc2)nc1SCC(=O)N/N=C\c1c(O)c(Br)cc2oc3c(c12)CCCC3. The van der Waals surface area contributed by atoms with Crippen molar-refractivity contribution in [1.29, 1.82) is 5.26 Å². The van der Waals surface area contributed by atoms with Gasteiger partial charge < -0.3 is 9.52 Å². The number of halogens is 1. The molecule has 0 aliphatic heterocycles. The Morgan fingerprint density at radius 2 is 1.81 bits per heavy atom. The van der Waals surface area contributed by atoms with Crippen LogP contribution in [-0.4, -0.2) is 28.0 Å². The number of benzene rings is 3. The van der Waals surface area contributed by atoms with E-state index in [-0.39, 0.29) is 17.4 Å². The molecule has 7 nitrogen and oxygen atoms in total. The van der Waals surface area contributed by atoms with E-state index in [0.717, 1.165) is 59.1 Å². The van der Waals surface area contributed by atoms with E-state index in [0.29, 0.717) is 31.9 Å². The molecule has 2 aromatic heterocycles. The molecule has 42 heavy (non-hydrogen) atoms. The van der Waals surface area contributed by atoms with Crippen LogP contribution in [-0.2, 0) is 17.6 Å². The van der Waals surface area contributed by atoms with Gasteiger partial charge in [-0.1, -0.05) is 72.4 Å². The summed E-state index contributed by atoms with van der Waals surface area (Å²) < 4.78 is 6.55. The van der Waals surface area contributed by atoms with Gasteiger partial charge in [-0.15, -0.1) is 0 Å². The number of aryl methyl sites for hydroxylation is 2. The predicted molar refractivity (Wildman–Crippen MR) is 169 cm³/mol. The van der Waals surface area contributed by atoms with E-state index in [9.17, 15) is 15.2 Å². The number of nitrogens with zero attached hydrogens (tertiary/aromatic N) is 3. The third-order valence-corrected chi connectivity index (χ3v) is 8.76. The molecule has 1 amide bonds. The molecule has 208 valence electrons. The first kappa shape index (κ1) is 27.8. The molecular formula is C33H25BrN4O3S. The fraction of sp³-hybridized carbons (Fsp3) is 0.152. The Morgan fingerprint density at radius 1 is 1.10 bits per heavy atom. The van der Waals surface area contributed by atoms with Crippen LogP contribution in [0.3, 0.4) is 0 Å². The lowest BCUT2D eigenvalue weighted by molar-refractivity contribution is -0.118. The summed E-state index contributed by atoms with van der Waals surface area (Å²) in [6.07, 6.45) is 5.31. The minimum absolute atomic E-state index is 0.00746. The van der Waals surface area contributed by atoms with E-state index in [1.165, 1.54) is 18.0 Å². The molecular weight excluding hydrogens is 612 g/mol. The number of fused-ring (bicyclic) bond motifs is 3. The topological polar surface area (TPSA) is 112 Å². The maximum Gasteiger partial charge on any atom is 0.250 e. The number of phenols is 1. The molecule has 0 spiro atoms. The Bertz CT molecular complexity index is 1860. The lowest BCUT2D eigenvalue weighted by Gasteiger charge is -2.12. The lowest BCUT2D eigenvalue weighted by Crippen LogP contribution is -2.20. The number of hydrazone groups is 1. The molecule has 0 fully saturated rings. The molecule has 0 radical (unpaired) electrons. The first-order valence-electron chi connectivity index (χ1n) is 13.5. The zero-order valence-corrected chi connectivity index (χ0v) is 24.8. The number of rotatable bonds is 7. The summed E-state index contributed by atoms with van der Waals surface area (Å²) in [6.45, 7) is 0. The van der Waals surface area contributed by atoms with Crippen LogP contribution in [0.1, 0.15) is 35.3 Å². The van der Waals surface area contributed by atoms with Crippen LogP contribution in [0.2, 0.25) is 0 Å². The van der Waals surface area contributed by atoms with Gasteiger partial charge in [0.05, 0.1) is 27.7 Å². The van der Waals surface area contributed by atoms with Crippen molar-refractivity contribution in [3.8, 4) is 34.2 Å². The second-order valence-corrected chi connectivity index (χ2v) is 11.7. The number of thioether (sulfide) groups is 1. The van der Waals surface area contributed by atoms with Crippen molar-refractivity contribution >= 4 is 50.8 Å². The molecule has 1 aliphatic carbocycles. The molecule has 6 rings (SSSR count). The van der Waals surface area contributed by atoms with Crippen LogP contribution >= 0.6 is 27.7 Å². The van der Waals surface area contributed by atoms with Gasteiger partial charge in [0.15, 0.2) is 0 Å². The van der Waals surface area contributed by atoms with Crippen LogP contribution in [0, 0.1) is 11.3 Å². The molecule has 0 atom stereocenters. The summed E-state index contributed by atoms with van der Waals surface area (Å²) in [6, 6.07) is 25.4. The Balaban J connectivity index is 1.25. The van der Waals surface area contributed by atoms with E-state index in [1.807, 2.05) is 66.7 Å². The van der Waals surface area contributed by atoms with E-state index in [4.69, 9.17) is 9.40 Å². The van der Waals surface area contributed by atoms with Crippen molar-refractivity contribution in [3.05, 3.63) is 99.7 Å². The molecule has 0 saturated heterocycles. The number of pyridine rings is 1. The van der Waals surface area contributed by atoms with Gasteiger partial charge in [0.2, 0.25) is 5.91 Å². The van der Waals surface area contributed by atoms with Crippen LogP contribution in [0.25, 0.3) is 33.4 Å². The normalized spacial score (nSPS) is 12.8. The number of aromatic hydroxyl groups is 1. The Kier molecular flexibility index (Phi) is 8.08. The Hall–Kier alpha value is -4.39. The Labute approximate surface area is 255 Å². The lowest BCUT2D eigenvalue weighted by atomic mass is 9.94. The molecule has 0 unspecified atom stereocenters. The number of hydrogen-bond donors (Lipinski definition) is 2. The molecule has 3 aromatic carbocycles. The largest absolute Gasteiger partial charge is 0.506 e. The van der Waals surface area contributed by atoms with Gasteiger partial charge in [-0.05, 0) is 52.9 Å². The summed E-state index contributed by atoms with van der Waals surface area (Å²) in [4.78, 5) is 17.6. The third-order valence-electron chi connectivity index (χ3n) is 7.18. The summed E-state index contributed by atoms with van der Waals surface area (Å²) in [7, 11) is 0. The average Bonchev–Trinajstić information content (AvgIpc) is 3.40. The fourth-order valence-electron chi connectivity index (χ4n) is 5.21. The highest BCUT2D eigenvalue weighted by Gasteiger charge is 2.23. The van der Waals surface area contributed by atoms with Gasteiger partial charge in [-0.2, -0.15) is 10.4 Å². The minimum atomic E-state index is -0.367. The summed E-state index contributed by atoms with van der Waals surface area (Å²) in [5.74, 6) is 0.607. The van der Waals surface area contributed by atoms with Crippen LogP contribution in [0.15, 0.2) is 91.8 Å². The van der Waals surface area contributed by atoms with E-state index in [2.05, 4.69) is 32.5 Å². The average molecular weight is 638 g/mol. The van der Waals surface area contributed by atoms with Crippen molar-refractivity contribution in [2.24, 2.45) is 5.10 Å². The maximum absolute atomic E-state index is 12.9. The van der Waals surface area contributed by atoms with Crippen molar-refractivity contribution in [1.82, 2.24) is 10.4 Å². The number of aromatic nitrogens is 1. The monoisotopic (exact) mass is 636 g/mol. The summed E-state index contributed by atoms with van der Waals surface area (Å²) in [5, 5.41) is 26.3. The van der Waals surface area contributed by atoms with E-state index >= 15 is 0 Å². The smallest absolute Gasteiger partial charge is 0.250 e. The molecule has 1 aliphatic rings. The number of hydrogen-bond acceptors (Lipinski definition) is 7. The van der Waals surface area contributed by atoms with E-state index < -0.39 is 0 Å². The zero-order valence-electron chi connectivity index (χ0n) is 22.4. The van der Waals surface area contributed by atoms with Gasteiger partial charge in [0.1, 0.15) is 28.2 Å². The molecule has 0 bridgehead atoms. The molecule has 2 heterocycles. The third kappa shape index (κ3) is 5.56. The number of nitrogens with one attached hydrogen (secondary N) is 1. The summed E-state index contributed by atoms with van der Waals surface area (Å²) in [5.41, 5.74) is 8.51. The van der Waals surface area contributed by atoms with Crippen LogP contribution in [0.4, 0.5) is 0 Å². The maximum atomic E-state index is 12.9. The second kappa shape index (κ2) is 12.2. The number of furan rings is 1. The quantitative estimate of drug-likeness (QED) is 0.108. The zero-order chi connectivity index (χ0) is 29.1. The van der Waals surface area contributed by atoms with Crippen molar-refractivity contribution in [2.75, 3.05) is 5.75 Å². The predicted octanol–water partition coefficient (Wildman–Crippen LogP) is 7.62. The number of carbonyl (C=O) groups excluding carboxylic acids is 1. The van der Waals surface area contributed by atoms with Gasteiger partial charge in [-0.25, -0.2) is 10.4 Å². The second-order valence-electron chi connectivity index (χ2n) is 9.87.